The third kappa shape index (κ3) is 3.27. The zero-order chi connectivity index (χ0) is 17.2. The van der Waals surface area contributed by atoms with Gasteiger partial charge in [0.1, 0.15) is 5.03 Å². The molecule has 0 amide bonds. The summed E-state index contributed by atoms with van der Waals surface area (Å²) in [6.45, 7) is 0. The van der Waals surface area contributed by atoms with Gasteiger partial charge < -0.3 is 4.98 Å². The van der Waals surface area contributed by atoms with E-state index in [4.69, 9.17) is 11.6 Å². The van der Waals surface area contributed by atoms with Crippen LogP contribution in [0.5, 0.6) is 0 Å². The van der Waals surface area contributed by atoms with Gasteiger partial charge in [0.25, 0.3) is 0 Å². The number of carbonyl (C=O) groups excluding carboxylic acids is 1. The minimum atomic E-state index is -3.77. The molecule has 0 aliphatic heterocycles. The maximum Gasteiger partial charge on any atom is 0.222 e. The first-order valence-electron chi connectivity index (χ1n) is 7.23. The van der Waals surface area contributed by atoms with Crippen LogP contribution in [0.2, 0.25) is 5.02 Å². The fourth-order valence-electron chi connectivity index (χ4n) is 2.44. The molecule has 0 fully saturated rings. The van der Waals surface area contributed by atoms with Crippen LogP contribution in [0.3, 0.4) is 0 Å². The Morgan fingerprint density at radius 3 is 2.46 bits per heavy atom. The molecule has 0 bridgehead atoms. The number of hydrogen-bond acceptors (Lipinski definition) is 3. The fourth-order valence-corrected chi connectivity index (χ4v) is 4.10. The van der Waals surface area contributed by atoms with Crippen molar-refractivity contribution in [1.82, 2.24) is 4.98 Å². The zero-order valence-electron chi connectivity index (χ0n) is 12.6. The molecule has 0 saturated carbocycles. The van der Waals surface area contributed by atoms with Gasteiger partial charge in [-0.05, 0) is 35.9 Å². The normalized spacial score (nSPS) is 11.4. The van der Waals surface area contributed by atoms with Crippen molar-refractivity contribution in [3.63, 3.8) is 0 Å². The summed E-state index contributed by atoms with van der Waals surface area (Å²) in [6.07, 6.45) is 1.54. The molecule has 1 aromatic heterocycles. The maximum absolute atomic E-state index is 12.7. The number of ketones is 1. The molecule has 122 valence electrons. The molecule has 0 spiro atoms. The van der Waals surface area contributed by atoms with Crippen molar-refractivity contribution in [2.45, 2.75) is 16.3 Å². The quantitative estimate of drug-likeness (QED) is 0.702. The van der Waals surface area contributed by atoms with Crippen molar-refractivity contribution in [2.24, 2.45) is 0 Å². The van der Waals surface area contributed by atoms with Gasteiger partial charge in [0.2, 0.25) is 9.84 Å². The first kappa shape index (κ1) is 16.5. The van der Waals surface area contributed by atoms with E-state index >= 15 is 0 Å². The van der Waals surface area contributed by atoms with E-state index in [2.05, 4.69) is 4.98 Å². The van der Waals surface area contributed by atoms with Crippen LogP contribution < -0.4 is 0 Å². The monoisotopic (exact) mass is 359 g/mol. The SMILES string of the molecule is O=C(Cc1cccc(Cl)c1)c1cc[nH]c1S(=O)(=O)c1ccccc1. The number of halogens is 1. The Hall–Kier alpha value is -2.37. The Labute approximate surface area is 145 Å². The van der Waals surface area contributed by atoms with Gasteiger partial charge in [0, 0.05) is 17.6 Å². The first-order valence-corrected chi connectivity index (χ1v) is 9.10. The van der Waals surface area contributed by atoms with Gasteiger partial charge in [-0.2, -0.15) is 0 Å². The smallest absolute Gasteiger partial charge is 0.222 e. The van der Waals surface area contributed by atoms with Gasteiger partial charge >= 0.3 is 0 Å². The topological polar surface area (TPSA) is 67.0 Å². The summed E-state index contributed by atoms with van der Waals surface area (Å²) in [5.74, 6) is -0.284. The van der Waals surface area contributed by atoms with Crippen LogP contribution in [-0.2, 0) is 16.3 Å². The first-order chi connectivity index (χ1) is 11.5. The van der Waals surface area contributed by atoms with E-state index in [9.17, 15) is 13.2 Å². The highest BCUT2D eigenvalue weighted by atomic mass is 35.5. The molecule has 0 radical (unpaired) electrons. The number of rotatable bonds is 5. The number of sulfone groups is 1. The third-order valence-electron chi connectivity index (χ3n) is 3.59. The Morgan fingerprint density at radius 1 is 1.00 bits per heavy atom. The Morgan fingerprint density at radius 2 is 1.75 bits per heavy atom. The molecule has 0 aliphatic rings. The molecule has 4 nitrogen and oxygen atoms in total. The van der Waals surface area contributed by atoms with Gasteiger partial charge in [0.15, 0.2) is 5.78 Å². The number of carbonyl (C=O) groups is 1. The lowest BCUT2D eigenvalue weighted by molar-refractivity contribution is 0.0990. The molecule has 0 unspecified atom stereocenters. The van der Waals surface area contributed by atoms with Gasteiger partial charge in [0.05, 0.1) is 10.5 Å². The van der Waals surface area contributed by atoms with E-state index in [0.29, 0.717) is 5.02 Å². The highest BCUT2D eigenvalue weighted by molar-refractivity contribution is 7.91. The van der Waals surface area contributed by atoms with Crippen LogP contribution in [0.1, 0.15) is 15.9 Å². The number of aromatic amines is 1. The van der Waals surface area contributed by atoms with Crippen LogP contribution in [0.15, 0.2) is 76.8 Å². The Kier molecular flexibility index (Phi) is 4.55. The molecule has 2 aromatic carbocycles. The summed E-state index contributed by atoms with van der Waals surface area (Å²) < 4.78 is 25.4. The van der Waals surface area contributed by atoms with E-state index in [1.165, 1.54) is 24.4 Å². The zero-order valence-corrected chi connectivity index (χ0v) is 14.1. The molecule has 0 atom stereocenters. The summed E-state index contributed by atoms with van der Waals surface area (Å²) in [5, 5.41) is 0.451. The lowest BCUT2D eigenvalue weighted by Crippen LogP contribution is -2.10. The number of hydrogen-bond donors (Lipinski definition) is 1. The molecule has 6 heteroatoms. The number of nitrogens with one attached hydrogen (secondary N) is 1. The minimum Gasteiger partial charge on any atom is -0.352 e. The average Bonchev–Trinajstić information content (AvgIpc) is 3.06. The predicted octanol–water partition coefficient (Wildman–Crippen LogP) is 3.93. The number of aromatic nitrogens is 1. The van der Waals surface area contributed by atoms with Crippen molar-refractivity contribution in [1.29, 1.82) is 0 Å². The molecule has 0 saturated heterocycles. The molecule has 0 aliphatic carbocycles. The number of benzene rings is 2. The fraction of sp³-hybridized carbons (Fsp3) is 0.0556. The van der Waals surface area contributed by atoms with E-state index < -0.39 is 9.84 Å². The van der Waals surface area contributed by atoms with Crippen molar-refractivity contribution in [2.75, 3.05) is 0 Å². The summed E-state index contributed by atoms with van der Waals surface area (Å²) in [5.41, 5.74) is 0.885. The molecular weight excluding hydrogens is 346 g/mol. The lowest BCUT2D eigenvalue weighted by Gasteiger charge is -2.06. The molecule has 3 rings (SSSR count). The average molecular weight is 360 g/mol. The van der Waals surface area contributed by atoms with Gasteiger partial charge in [-0.25, -0.2) is 8.42 Å². The molecule has 24 heavy (non-hydrogen) atoms. The third-order valence-corrected chi connectivity index (χ3v) is 5.59. The van der Waals surface area contributed by atoms with Crippen molar-refractivity contribution in [3.05, 3.63) is 83.0 Å². The largest absolute Gasteiger partial charge is 0.352 e. The minimum absolute atomic E-state index is 0.0791. The van der Waals surface area contributed by atoms with Crippen molar-refractivity contribution in [3.8, 4) is 0 Å². The van der Waals surface area contributed by atoms with Crippen molar-refractivity contribution >= 4 is 27.2 Å². The standard InChI is InChI=1S/C18H14ClNO3S/c19-14-6-4-5-13(11-14)12-17(21)16-9-10-20-18(16)24(22,23)15-7-2-1-3-8-15/h1-11,20H,12H2. The summed E-state index contributed by atoms with van der Waals surface area (Å²) in [6, 6.07) is 16.5. The molecular formula is C18H14ClNO3S. The van der Waals surface area contributed by atoms with E-state index in [1.807, 2.05) is 0 Å². The second kappa shape index (κ2) is 6.63. The molecule has 1 N–H and O–H groups in total. The summed E-state index contributed by atoms with van der Waals surface area (Å²) in [4.78, 5) is 15.4. The van der Waals surface area contributed by atoms with Gasteiger partial charge in [-0.1, -0.05) is 41.9 Å². The van der Waals surface area contributed by atoms with Crippen LogP contribution in [-0.4, -0.2) is 19.2 Å². The van der Waals surface area contributed by atoms with Crippen LogP contribution in [0.4, 0.5) is 0 Å². The van der Waals surface area contributed by atoms with Gasteiger partial charge in [-0.3, -0.25) is 4.79 Å². The Bertz CT molecular complexity index is 978. The van der Waals surface area contributed by atoms with Crippen LogP contribution >= 0.6 is 11.6 Å². The second-order valence-corrected chi connectivity index (χ2v) is 7.59. The second-order valence-electron chi connectivity index (χ2n) is 5.27. The number of H-pyrrole nitrogens is 1. The van der Waals surface area contributed by atoms with E-state index in [0.717, 1.165) is 5.56 Å². The van der Waals surface area contributed by atoms with E-state index in [1.54, 1.807) is 42.5 Å². The number of Topliss-reactive ketones (excluding diaryl/α,β-unsaturated/α-hetero) is 1. The molecule has 3 aromatic rings. The highest BCUT2D eigenvalue weighted by Crippen LogP contribution is 2.24. The maximum atomic E-state index is 12.7. The highest BCUT2D eigenvalue weighted by Gasteiger charge is 2.25. The van der Waals surface area contributed by atoms with Gasteiger partial charge in [-0.15, -0.1) is 0 Å². The summed E-state index contributed by atoms with van der Waals surface area (Å²) >= 11 is 5.92. The lowest BCUT2D eigenvalue weighted by atomic mass is 10.1. The molecule has 1 heterocycles. The van der Waals surface area contributed by atoms with Crippen molar-refractivity contribution < 1.29 is 13.2 Å². The van der Waals surface area contributed by atoms with Crippen LogP contribution in [0.25, 0.3) is 0 Å². The predicted molar refractivity (Wildman–Crippen MR) is 92.2 cm³/mol. The van der Waals surface area contributed by atoms with Crippen LogP contribution in [0, 0.1) is 0 Å². The summed E-state index contributed by atoms with van der Waals surface area (Å²) in [7, 11) is -3.77. The van der Waals surface area contributed by atoms with E-state index in [-0.39, 0.29) is 27.7 Å². The Balaban J connectivity index is 1.95.